The van der Waals surface area contributed by atoms with Crippen molar-refractivity contribution in [1.82, 2.24) is 24.3 Å². The Balaban J connectivity index is 1.25. The van der Waals surface area contributed by atoms with Gasteiger partial charge in [0, 0.05) is 43.9 Å². The highest BCUT2D eigenvalue weighted by atomic mass is 16.5. The van der Waals surface area contributed by atoms with E-state index >= 15 is 0 Å². The lowest BCUT2D eigenvalue weighted by molar-refractivity contribution is -0.117. The Bertz CT molecular complexity index is 1350. The second-order valence-corrected chi connectivity index (χ2v) is 9.67. The van der Waals surface area contributed by atoms with Crippen molar-refractivity contribution in [1.29, 1.82) is 0 Å². The van der Waals surface area contributed by atoms with Gasteiger partial charge < -0.3 is 15.0 Å². The average molecular weight is 457 g/mol. The van der Waals surface area contributed by atoms with E-state index in [0.717, 1.165) is 48.5 Å². The first-order chi connectivity index (χ1) is 16.5. The van der Waals surface area contributed by atoms with Crippen LogP contribution in [-0.2, 0) is 17.3 Å². The van der Waals surface area contributed by atoms with Gasteiger partial charge >= 0.3 is 0 Å². The maximum Gasteiger partial charge on any atom is 0.228 e. The quantitative estimate of drug-likeness (QED) is 0.462. The van der Waals surface area contributed by atoms with Crippen molar-refractivity contribution in [3.8, 4) is 17.0 Å². The van der Waals surface area contributed by atoms with Crippen LogP contribution in [0.2, 0.25) is 0 Å². The summed E-state index contributed by atoms with van der Waals surface area (Å²) in [6.45, 7) is 2.51. The summed E-state index contributed by atoms with van der Waals surface area (Å²) < 4.78 is 10.1. The normalized spacial score (nSPS) is 17.5. The molecule has 3 aromatic heterocycles. The van der Waals surface area contributed by atoms with Gasteiger partial charge in [-0.25, -0.2) is 4.52 Å². The molecule has 0 spiro atoms. The fourth-order valence-corrected chi connectivity index (χ4v) is 4.98. The molecular formula is C26H28N6O2. The summed E-state index contributed by atoms with van der Waals surface area (Å²) in [5.41, 5.74) is 4.09. The number of pyridine rings is 1. The molecule has 1 N–H and O–H groups in total. The Labute approximate surface area is 198 Å². The zero-order chi connectivity index (χ0) is 23.3. The number of aryl methyl sites for hydroxylation is 1. The van der Waals surface area contributed by atoms with Crippen LogP contribution in [0, 0.1) is 5.92 Å². The van der Waals surface area contributed by atoms with E-state index in [9.17, 15) is 4.79 Å². The molecule has 1 saturated carbocycles. The lowest BCUT2D eigenvalue weighted by atomic mass is 9.74. The SMILES string of the molecule is CN1CC(COc2cnn(C)c2-c2ccn3nc(NC(=O)C4CC4)cc3c2)(c2ccccc2)C1. The number of likely N-dealkylation sites (N-methyl/N-ethyl adjacent to an activating group) is 1. The van der Waals surface area contributed by atoms with E-state index in [0.29, 0.717) is 12.4 Å². The molecular weight excluding hydrogens is 428 g/mol. The summed E-state index contributed by atoms with van der Waals surface area (Å²) in [4.78, 5) is 14.4. The van der Waals surface area contributed by atoms with E-state index in [-0.39, 0.29) is 17.2 Å². The lowest BCUT2D eigenvalue weighted by Gasteiger charge is -2.48. The molecule has 1 aliphatic heterocycles. The number of anilines is 1. The van der Waals surface area contributed by atoms with Crippen LogP contribution < -0.4 is 10.1 Å². The summed E-state index contributed by atoms with van der Waals surface area (Å²) in [6.07, 6.45) is 5.63. The number of rotatable bonds is 7. The summed E-state index contributed by atoms with van der Waals surface area (Å²) >= 11 is 0. The summed E-state index contributed by atoms with van der Waals surface area (Å²) in [5.74, 6) is 1.54. The van der Waals surface area contributed by atoms with Crippen LogP contribution in [0.5, 0.6) is 5.75 Å². The first-order valence-corrected chi connectivity index (χ1v) is 11.7. The number of benzene rings is 1. The predicted octanol–water partition coefficient (Wildman–Crippen LogP) is 3.35. The largest absolute Gasteiger partial charge is 0.489 e. The zero-order valence-electron chi connectivity index (χ0n) is 19.4. The molecule has 0 radical (unpaired) electrons. The number of carbonyl (C=O) groups is 1. The Hall–Kier alpha value is -3.65. The van der Waals surface area contributed by atoms with Crippen molar-refractivity contribution in [2.24, 2.45) is 13.0 Å². The molecule has 8 heteroatoms. The van der Waals surface area contributed by atoms with Crippen molar-refractivity contribution < 1.29 is 9.53 Å². The van der Waals surface area contributed by atoms with E-state index in [1.807, 2.05) is 36.1 Å². The number of nitrogens with one attached hydrogen (secondary N) is 1. The van der Waals surface area contributed by atoms with Gasteiger partial charge in [-0.15, -0.1) is 0 Å². The van der Waals surface area contributed by atoms with Crippen LogP contribution in [0.3, 0.4) is 0 Å². The van der Waals surface area contributed by atoms with Gasteiger partial charge in [-0.1, -0.05) is 30.3 Å². The van der Waals surface area contributed by atoms with Gasteiger partial charge in [-0.2, -0.15) is 10.2 Å². The van der Waals surface area contributed by atoms with E-state index in [1.165, 1.54) is 5.56 Å². The molecule has 1 amide bonds. The number of amides is 1. The molecule has 174 valence electrons. The second-order valence-electron chi connectivity index (χ2n) is 9.67. The van der Waals surface area contributed by atoms with E-state index in [4.69, 9.17) is 4.74 Å². The molecule has 0 bridgehead atoms. The first kappa shape index (κ1) is 20.9. The summed E-state index contributed by atoms with van der Waals surface area (Å²) in [5, 5.41) is 11.9. The minimum absolute atomic E-state index is 0.0206. The molecule has 1 aliphatic carbocycles. The van der Waals surface area contributed by atoms with Crippen molar-refractivity contribution in [2.45, 2.75) is 18.3 Å². The number of aromatic nitrogens is 4. The number of fused-ring (bicyclic) bond motifs is 1. The standard InChI is InChI=1S/C26H28N6O2/c1-30-15-26(16-30,20-6-4-3-5-7-20)17-34-22-14-27-31(2)24(22)19-10-11-32-21(12-19)13-23(29-32)28-25(33)18-8-9-18/h3-7,10-14,18H,8-9,15-17H2,1-2H3,(H,28,29,33). The van der Waals surface area contributed by atoms with Crippen LogP contribution in [0.4, 0.5) is 5.82 Å². The number of likely N-dealkylation sites (tertiary alicyclic amines) is 1. The Kier molecular flexibility index (Phi) is 4.91. The lowest BCUT2D eigenvalue weighted by Crippen LogP contribution is -2.60. The highest BCUT2D eigenvalue weighted by Gasteiger charge is 2.43. The van der Waals surface area contributed by atoms with Crippen LogP contribution in [0.15, 0.2) is 60.9 Å². The van der Waals surface area contributed by atoms with E-state index in [1.54, 1.807) is 10.7 Å². The van der Waals surface area contributed by atoms with Gasteiger partial charge in [-0.3, -0.25) is 9.48 Å². The smallest absolute Gasteiger partial charge is 0.228 e. The first-order valence-electron chi connectivity index (χ1n) is 11.7. The number of nitrogens with zero attached hydrogens (tertiary/aromatic N) is 5. The topological polar surface area (TPSA) is 76.7 Å². The highest BCUT2D eigenvalue weighted by Crippen LogP contribution is 2.37. The molecule has 2 fully saturated rings. The van der Waals surface area contributed by atoms with Crippen LogP contribution in [0.25, 0.3) is 16.8 Å². The van der Waals surface area contributed by atoms with Crippen molar-refractivity contribution >= 4 is 17.2 Å². The minimum Gasteiger partial charge on any atom is -0.489 e. The number of hydrogen-bond donors (Lipinski definition) is 1. The fourth-order valence-electron chi connectivity index (χ4n) is 4.98. The van der Waals surface area contributed by atoms with E-state index < -0.39 is 0 Å². The molecule has 8 nitrogen and oxygen atoms in total. The number of hydrogen-bond acceptors (Lipinski definition) is 5. The monoisotopic (exact) mass is 456 g/mol. The number of carbonyl (C=O) groups excluding carboxylic acids is 1. The minimum atomic E-state index is -0.0206. The van der Waals surface area contributed by atoms with Crippen LogP contribution >= 0.6 is 0 Å². The van der Waals surface area contributed by atoms with Crippen LogP contribution in [-0.4, -0.2) is 56.9 Å². The highest BCUT2D eigenvalue weighted by molar-refractivity contribution is 5.93. The Morgan fingerprint density at radius 1 is 1.15 bits per heavy atom. The third-order valence-corrected chi connectivity index (χ3v) is 6.88. The van der Waals surface area contributed by atoms with Crippen molar-refractivity contribution in [3.63, 3.8) is 0 Å². The Morgan fingerprint density at radius 2 is 1.94 bits per heavy atom. The molecule has 34 heavy (non-hydrogen) atoms. The van der Waals surface area contributed by atoms with Gasteiger partial charge in [-0.05, 0) is 37.6 Å². The van der Waals surface area contributed by atoms with Gasteiger partial charge in [0.15, 0.2) is 11.6 Å². The Morgan fingerprint density at radius 3 is 2.68 bits per heavy atom. The third-order valence-electron chi connectivity index (χ3n) is 6.88. The predicted molar refractivity (Wildman–Crippen MR) is 130 cm³/mol. The molecule has 1 aromatic carbocycles. The number of ether oxygens (including phenoxy) is 1. The third kappa shape index (κ3) is 3.74. The molecule has 4 heterocycles. The maximum absolute atomic E-state index is 12.1. The fraction of sp³-hybridized carbons (Fsp3) is 0.346. The molecule has 0 atom stereocenters. The summed E-state index contributed by atoms with van der Waals surface area (Å²) in [7, 11) is 4.06. The molecule has 0 unspecified atom stereocenters. The van der Waals surface area contributed by atoms with E-state index in [2.05, 4.69) is 57.8 Å². The molecule has 1 saturated heterocycles. The maximum atomic E-state index is 12.1. The zero-order valence-corrected chi connectivity index (χ0v) is 19.4. The van der Waals surface area contributed by atoms with Gasteiger partial charge in [0.1, 0.15) is 12.3 Å². The van der Waals surface area contributed by atoms with Gasteiger partial charge in [0.2, 0.25) is 5.91 Å². The van der Waals surface area contributed by atoms with Gasteiger partial charge in [0.25, 0.3) is 0 Å². The van der Waals surface area contributed by atoms with Crippen LogP contribution in [0.1, 0.15) is 18.4 Å². The summed E-state index contributed by atoms with van der Waals surface area (Å²) in [6, 6.07) is 16.6. The molecule has 2 aliphatic rings. The molecule has 6 rings (SSSR count). The average Bonchev–Trinajstić information content (AvgIpc) is 3.50. The van der Waals surface area contributed by atoms with Crippen molar-refractivity contribution in [3.05, 3.63) is 66.5 Å². The van der Waals surface area contributed by atoms with Crippen molar-refractivity contribution in [2.75, 3.05) is 32.1 Å². The molecule has 4 aromatic rings. The second kappa shape index (κ2) is 7.99. The van der Waals surface area contributed by atoms with Gasteiger partial charge in [0.05, 0.1) is 17.1 Å².